The predicted molar refractivity (Wildman–Crippen MR) is 204 cm³/mol. The van der Waals surface area contributed by atoms with Crippen LogP contribution in [0, 0.1) is 0 Å². The summed E-state index contributed by atoms with van der Waals surface area (Å²) >= 11 is 0. The Balaban J connectivity index is 1.15. The normalized spacial score (nSPS) is 15.1. The van der Waals surface area contributed by atoms with Crippen molar-refractivity contribution in [3.63, 3.8) is 0 Å². The topological polar surface area (TPSA) is 43.9 Å². The van der Waals surface area contributed by atoms with Gasteiger partial charge < -0.3 is 4.42 Å². The van der Waals surface area contributed by atoms with Crippen LogP contribution in [-0.2, 0) is 10.8 Å². The second-order valence-corrected chi connectivity index (χ2v) is 15.0. The molecule has 3 aromatic heterocycles. The zero-order valence-electron chi connectivity index (χ0n) is 28.4. The summed E-state index contributed by atoms with van der Waals surface area (Å²) in [5.41, 5.74) is 15.6. The van der Waals surface area contributed by atoms with Crippen LogP contribution in [0.4, 0.5) is 0 Å². The number of fused-ring (bicyclic) bond motifs is 11. The van der Waals surface area contributed by atoms with E-state index in [1.165, 1.54) is 49.7 Å². The van der Waals surface area contributed by atoms with Gasteiger partial charge in [0.05, 0.1) is 27.8 Å². The molecule has 0 atom stereocenters. The third kappa shape index (κ3) is 3.45. The van der Waals surface area contributed by atoms with E-state index < -0.39 is 0 Å². The summed E-state index contributed by atoms with van der Waals surface area (Å²) in [5, 5.41) is 4.57. The van der Waals surface area contributed by atoms with Gasteiger partial charge in [0.1, 0.15) is 5.58 Å². The predicted octanol–water partition coefficient (Wildman–Crippen LogP) is 11.8. The third-order valence-electron chi connectivity index (χ3n) is 11.6. The van der Waals surface area contributed by atoms with Crippen LogP contribution in [0.2, 0.25) is 0 Å². The molecule has 238 valence electrons. The molecule has 4 nitrogen and oxygen atoms in total. The van der Waals surface area contributed by atoms with Crippen molar-refractivity contribution in [2.75, 3.05) is 0 Å². The molecule has 0 saturated heterocycles. The van der Waals surface area contributed by atoms with E-state index in [0.717, 1.165) is 55.9 Å². The summed E-state index contributed by atoms with van der Waals surface area (Å²) < 4.78 is 9.04. The number of hydrogen-bond acceptors (Lipinski definition) is 3. The highest BCUT2D eigenvalue weighted by Crippen LogP contribution is 2.51. The van der Waals surface area contributed by atoms with Gasteiger partial charge in [0, 0.05) is 38.1 Å². The zero-order chi connectivity index (χ0) is 33.5. The van der Waals surface area contributed by atoms with Crippen LogP contribution < -0.4 is 0 Å². The molecule has 2 aliphatic rings. The Hall–Kier alpha value is -6.00. The monoisotopic (exact) mass is 643 g/mol. The molecule has 1 aliphatic carbocycles. The summed E-state index contributed by atoms with van der Waals surface area (Å²) in [6.45, 7) is 9.31. The van der Waals surface area contributed by atoms with Gasteiger partial charge in [-0.25, -0.2) is 9.97 Å². The summed E-state index contributed by atoms with van der Waals surface area (Å²) in [4.78, 5) is 10.5. The fraction of sp³-hybridized carbons (Fsp3) is 0.130. The van der Waals surface area contributed by atoms with Gasteiger partial charge in [-0.15, -0.1) is 0 Å². The molecule has 50 heavy (non-hydrogen) atoms. The fourth-order valence-corrected chi connectivity index (χ4v) is 9.08. The first kappa shape index (κ1) is 27.9. The van der Waals surface area contributed by atoms with Crippen molar-refractivity contribution in [3.05, 3.63) is 150 Å². The van der Waals surface area contributed by atoms with Gasteiger partial charge in [-0.1, -0.05) is 131 Å². The number of hydrogen-bond donors (Lipinski definition) is 0. The average Bonchev–Trinajstić information content (AvgIpc) is 3.75. The molecular formula is C46H33N3O. The number of furan rings is 1. The minimum absolute atomic E-state index is 0.104. The van der Waals surface area contributed by atoms with E-state index in [0.29, 0.717) is 0 Å². The number of rotatable bonds is 2. The highest BCUT2D eigenvalue weighted by Gasteiger charge is 2.37. The standard InChI is InChI=1S/C46H33N3O/c1-45(2)33-16-8-5-12-28(33)29-22-20-27(24-36(29)45)43-47-37-18-9-6-13-30(37)41(48-43)26-21-23-34-38(25-26)49-42-32(15-11-17-35(42)46(34,3)4)40-31-14-7-10-19-39(31)50-44(40)49/h5-25H,1-4H3. The number of benzene rings is 6. The van der Waals surface area contributed by atoms with Crippen LogP contribution in [0.15, 0.2) is 132 Å². The lowest BCUT2D eigenvalue weighted by Crippen LogP contribution is -2.26. The molecule has 0 radical (unpaired) electrons. The van der Waals surface area contributed by atoms with Crippen molar-refractivity contribution >= 4 is 43.9 Å². The van der Waals surface area contributed by atoms with E-state index in [9.17, 15) is 0 Å². The molecule has 1 aliphatic heterocycles. The Morgan fingerprint density at radius 2 is 1.24 bits per heavy atom. The Morgan fingerprint density at radius 1 is 0.540 bits per heavy atom. The van der Waals surface area contributed by atoms with Crippen LogP contribution in [0.1, 0.15) is 49.9 Å². The first-order valence-corrected chi connectivity index (χ1v) is 17.4. The first-order valence-electron chi connectivity index (χ1n) is 17.4. The van der Waals surface area contributed by atoms with Crippen LogP contribution in [-0.4, -0.2) is 14.5 Å². The van der Waals surface area contributed by atoms with Crippen molar-refractivity contribution in [2.45, 2.75) is 38.5 Å². The molecule has 0 spiro atoms. The van der Waals surface area contributed by atoms with E-state index in [2.05, 4.69) is 154 Å². The van der Waals surface area contributed by atoms with E-state index in [4.69, 9.17) is 14.4 Å². The van der Waals surface area contributed by atoms with Gasteiger partial charge in [-0.3, -0.25) is 4.57 Å². The number of aromatic nitrogens is 3. The zero-order valence-corrected chi connectivity index (χ0v) is 28.4. The molecule has 9 aromatic rings. The maximum Gasteiger partial charge on any atom is 0.213 e. The van der Waals surface area contributed by atoms with Crippen LogP contribution >= 0.6 is 0 Å². The Kier molecular flexibility index (Phi) is 5.23. The minimum atomic E-state index is -0.206. The molecule has 0 unspecified atom stereocenters. The molecule has 4 heterocycles. The molecule has 0 fully saturated rings. The van der Waals surface area contributed by atoms with E-state index >= 15 is 0 Å². The van der Waals surface area contributed by atoms with Crippen LogP contribution in [0.3, 0.4) is 0 Å². The van der Waals surface area contributed by atoms with Gasteiger partial charge in [-0.2, -0.15) is 0 Å². The quantitative estimate of drug-likeness (QED) is 0.188. The van der Waals surface area contributed by atoms with Crippen LogP contribution in [0.25, 0.3) is 83.3 Å². The fourth-order valence-electron chi connectivity index (χ4n) is 9.08. The van der Waals surface area contributed by atoms with Gasteiger partial charge in [0.2, 0.25) is 5.71 Å². The lowest BCUT2D eigenvalue weighted by molar-refractivity contribution is 0.612. The maximum absolute atomic E-state index is 6.68. The molecular weight excluding hydrogens is 611 g/mol. The van der Waals surface area contributed by atoms with Crippen molar-refractivity contribution in [3.8, 4) is 39.5 Å². The Morgan fingerprint density at radius 3 is 2.14 bits per heavy atom. The van der Waals surface area contributed by atoms with Gasteiger partial charge in [-0.05, 0) is 57.6 Å². The van der Waals surface area contributed by atoms with Crippen molar-refractivity contribution in [2.24, 2.45) is 0 Å². The van der Waals surface area contributed by atoms with Crippen molar-refractivity contribution in [1.82, 2.24) is 14.5 Å². The highest BCUT2D eigenvalue weighted by molar-refractivity contribution is 6.21. The summed E-state index contributed by atoms with van der Waals surface area (Å²) in [6.07, 6.45) is 0. The SMILES string of the molecule is CC1(C)c2ccccc2-c2ccc(-c3nc(-c4ccc5c(c4)-n4c6oc7ccccc7c6c6cccc(c64)C5(C)C)c4ccccc4n3)cc21. The van der Waals surface area contributed by atoms with E-state index in [1.807, 2.05) is 6.07 Å². The van der Waals surface area contributed by atoms with E-state index in [-0.39, 0.29) is 10.8 Å². The molecule has 0 bridgehead atoms. The maximum atomic E-state index is 6.68. The first-order chi connectivity index (χ1) is 24.3. The molecule has 0 saturated carbocycles. The summed E-state index contributed by atoms with van der Waals surface area (Å²) in [6, 6.07) is 45.8. The molecule has 11 rings (SSSR count). The van der Waals surface area contributed by atoms with Gasteiger partial charge in [0.15, 0.2) is 5.82 Å². The Bertz CT molecular complexity index is 2940. The average molecular weight is 644 g/mol. The highest BCUT2D eigenvalue weighted by atomic mass is 16.3. The second kappa shape index (κ2) is 9.36. The minimum Gasteiger partial charge on any atom is -0.439 e. The largest absolute Gasteiger partial charge is 0.439 e. The molecule has 0 N–H and O–H groups in total. The van der Waals surface area contributed by atoms with Crippen LogP contribution in [0.5, 0.6) is 0 Å². The van der Waals surface area contributed by atoms with Gasteiger partial charge in [0.25, 0.3) is 0 Å². The molecule has 6 aromatic carbocycles. The van der Waals surface area contributed by atoms with E-state index in [1.54, 1.807) is 0 Å². The second-order valence-electron chi connectivity index (χ2n) is 15.0. The summed E-state index contributed by atoms with van der Waals surface area (Å²) in [7, 11) is 0. The molecule has 4 heteroatoms. The smallest absolute Gasteiger partial charge is 0.213 e. The molecule has 0 amide bonds. The lowest BCUT2D eigenvalue weighted by atomic mass is 9.74. The van der Waals surface area contributed by atoms with Crippen molar-refractivity contribution in [1.29, 1.82) is 0 Å². The summed E-state index contributed by atoms with van der Waals surface area (Å²) in [5.74, 6) is 0.736. The Labute approximate surface area is 289 Å². The van der Waals surface area contributed by atoms with Gasteiger partial charge >= 0.3 is 0 Å². The third-order valence-corrected chi connectivity index (χ3v) is 11.6. The lowest BCUT2D eigenvalue weighted by Gasteiger charge is -2.34. The van der Waals surface area contributed by atoms with Crippen molar-refractivity contribution < 1.29 is 4.42 Å². The number of nitrogens with zero attached hydrogens (tertiary/aromatic N) is 3. The number of para-hydroxylation sites is 3.